The van der Waals surface area contributed by atoms with Crippen molar-refractivity contribution in [3.63, 3.8) is 0 Å². The summed E-state index contributed by atoms with van der Waals surface area (Å²) in [6.07, 6.45) is 3.58. The van der Waals surface area contributed by atoms with Crippen molar-refractivity contribution in [1.82, 2.24) is 4.98 Å². The summed E-state index contributed by atoms with van der Waals surface area (Å²) in [6, 6.07) is 1.78. The summed E-state index contributed by atoms with van der Waals surface area (Å²) in [5, 5.41) is 12.2. The van der Waals surface area contributed by atoms with Gasteiger partial charge in [0.2, 0.25) is 0 Å². The van der Waals surface area contributed by atoms with Crippen LogP contribution in [0.15, 0.2) is 12.3 Å². The molecule has 0 saturated carbocycles. The van der Waals surface area contributed by atoms with Gasteiger partial charge in [0.25, 0.3) is 0 Å². The smallest absolute Gasteiger partial charge is 0.339 e. The Hall–Kier alpha value is -1.58. The van der Waals surface area contributed by atoms with Gasteiger partial charge in [-0.3, -0.25) is 4.98 Å². The molecule has 0 spiro atoms. The number of rotatable bonds is 6. The van der Waals surface area contributed by atoms with Gasteiger partial charge in [-0.25, -0.2) is 4.79 Å². The summed E-state index contributed by atoms with van der Waals surface area (Å²) in [7, 11) is 0. The van der Waals surface area contributed by atoms with Gasteiger partial charge in [0.05, 0.1) is 5.69 Å². The lowest BCUT2D eigenvalue weighted by Crippen LogP contribution is -2.09. The van der Waals surface area contributed by atoms with E-state index in [0.29, 0.717) is 11.6 Å². The van der Waals surface area contributed by atoms with Crippen LogP contribution >= 0.6 is 0 Å². The molecule has 0 saturated heterocycles. The highest BCUT2D eigenvalue weighted by Crippen LogP contribution is 2.16. The summed E-state index contributed by atoms with van der Waals surface area (Å²) >= 11 is 0. The van der Waals surface area contributed by atoms with Gasteiger partial charge in [-0.15, -0.1) is 0 Å². The largest absolute Gasteiger partial charge is 0.478 e. The van der Waals surface area contributed by atoms with Crippen molar-refractivity contribution in [3.05, 3.63) is 23.5 Å². The third kappa shape index (κ3) is 4.43. The number of hydrogen-bond donors (Lipinski definition) is 2. The van der Waals surface area contributed by atoms with E-state index < -0.39 is 5.97 Å². The topological polar surface area (TPSA) is 62.2 Å². The van der Waals surface area contributed by atoms with E-state index in [9.17, 15) is 4.79 Å². The molecule has 0 unspecified atom stereocenters. The van der Waals surface area contributed by atoms with Gasteiger partial charge in [0, 0.05) is 18.4 Å². The maximum Gasteiger partial charge on any atom is 0.339 e. The van der Waals surface area contributed by atoms with E-state index in [1.54, 1.807) is 6.07 Å². The average molecular weight is 236 g/mol. The number of carboxylic acid groups (broad SMARTS) is 1. The average Bonchev–Trinajstić information content (AvgIpc) is 2.23. The highest BCUT2D eigenvalue weighted by Gasteiger charge is 2.10. The minimum atomic E-state index is -0.941. The molecule has 0 aliphatic heterocycles. The number of nitrogens with one attached hydrogen (secondary N) is 1. The summed E-state index contributed by atoms with van der Waals surface area (Å²) in [4.78, 5) is 15.0. The second kappa shape index (κ2) is 6.23. The quantitative estimate of drug-likeness (QED) is 0.745. The normalized spacial score (nSPS) is 10.6. The number of hydrogen-bond acceptors (Lipinski definition) is 3. The molecule has 0 amide bonds. The fraction of sp³-hybridized carbons (Fsp3) is 0.538. The van der Waals surface area contributed by atoms with Gasteiger partial charge in [0.15, 0.2) is 0 Å². The first-order chi connectivity index (χ1) is 8.00. The van der Waals surface area contributed by atoms with Crippen molar-refractivity contribution >= 4 is 11.7 Å². The van der Waals surface area contributed by atoms with Crippen LogP contribution in [0.5, 0.6) is 0 Å². The Morgan fingerprint density at radius 3 is 2.82 bits per heavy atom. The van der Waals surface area contributed by atoms with Crippen LogP contribution in [0.1, 0.15) is 42.7 Å². The Bertz CT molecular complexity index is 389. The van der Waals surface area contributed by atoms with Crippen LogP contribution in [0.2, 0.25) is 0 Å². The Morgan fingerprint density at radius 1 is 1.53 bits per heavy atom. The van der Waals surface area contributed by atoms with E-state index in [0.717, 1.165) is 25.1 Å². The number of aryl methyl sites for hydroxylation is 1. The number of carbonyl (C=O) groups is 1. The molecular formula is C13H20N2O2. The Morgan fingerprint density at radius 2 is 2.24 bits per heavy atom. The van der Waals surface area contributed by atoms with Crippen molar-refractivity contribution < 1.29 is 9.90 Å². The summed E-state index contributed by atoms with van der Waals surface area (Å²) in [5.74, 6) is -0.265. The van der Waals surface area contributed by atoms with E-state index in [1.807, 2.05) is 6.92 Å². The summed E-state index contributed by atoms with van der Waals surface area (Å²) < 4.78 is 0. The van der Waals surface area contributed by atoms with Crippen LogP contribution < -0.4 is 5.32 Å². The standard InChI is InChI=1S/C13H20N2O2/c1-9(2)5-4-6-14-12-7-10(3)15-8-11(12)13(16)17/h7-9H,4-6H2,1-3H3,(H,14,15)(H,16,17). The molecule has 0 aromatic carbocycles. The third-order valence-corrected chi connectivity index (χ3v) is 2.54. The van der Waals surface area contributed by atoms with Crippen LogP contribution in [0.4, 0.5) is 5.69 Å². The zero-order valence-electron chi connectivity index (χ0n) is 10.7. The first-order valence-corrected chi connectivity index (χ1v) is 5.94. The molecule has 0 aliphatic rings. The minimum absolute atomic E-state index is 0.236. The SMILES string of the molecule is Cc1cc(NCCCC(C)C)c(C(=O)O)cn1. The molecule has 0 fully saturated rings. The first-order valence-electron chi connectivity index (χ1n) is 5.94. The molecule has 1 heterocycles. The number of aromatic nitrogens is 1. The van der Waals surface area contributed by atoms with Gasteiger partial charge < -0.3 is 10.4 Å². The van der Waals surface area contributed by atoms with Gasteiger partial charge in [-0.1, -0.05) is 13.8 Å². The van der Waals surface area contributed by atoms with E-state index in [1.165, 1.54) is 6.20 Å². The molecule has 0 radical (unpaired) electrons. The van der Waals surface area contributed by atoms with Crippen molar-refractivity contribution in [2.45, 2.75) is 33.6 Å². The molecular weight excluding hydrogens is 216 g/mol. The lowest BCUT2D eigenvalue weighted by Gasteiger charge is -2.10. The number of anilines is 1. The molecule has 1 rings (SSSR count). The Labute approximate surface area is 102 Å². The fourth-order valence-corrected chi connectivity index (χ4v) is 1.61. The zero-order chi connectivity index (χ0) is 12.8. The molecule has 0 bridgehead atoms. The van der Waals surface area contributed by atoms with E-state index >= 15 is 0 Å². The van der Waals surface area contributed by atoms with Crippen molar-refractivity contribution in [3.8, 4) is 0 Å². The number of nitrogens with zero attached hydrogens (tertiary/aromatic N) is 1. The van der Waals surface area contributed by atoms with Gasteiger partial charge >= 0.3 is 5.97 Å². The van der Waals surface area contributed by atoms with Gasteiger partial charge in [-0.2, -0.15) is 0 Å². The fourth-order valence-electron chi connectivity index (χ4n) is 1.61. The number of carboxylic acids is 1. The summed E-state index contributed by atoms with van der Waals surface area (Å²) in [5.41, 5.74) is 1.72. The van der Waals surface area contributed by atoms with Gasteiger partial charge in [-0.05, 0) is 31.7 Å². The Kier molecular flexibility index (Phi) is 4.94. The van der Waals surface area contributed by atoms with Crippen LogP contribution in [0.25, 0.3) is 0 Å². The molecule has 4 heteroatoms. The van der Waals surface area contributed by atoms with Crippen LogP contribution in [-0.4, -0.2) is 22.6 Å². The molecule has 4 nitrogen and oxygen atoms in total. The first kappa shape index (κ1) is 13.5. The molecule has 1 aromatic rings. The summed E-state index contributed by atoms with van der Waals surface area (Å²) in [6.45, 7) is 7.01. The second-order valence-corrected chi connectivity index (χ2v) is 4.64. The maximum atomic E-state index is 11.0. The van der Waals surface area contributed by atoms with Crippen LogP contribution in [-0.2, 0) is 0 Å². The number of aromatic carboxylic acids is 1. The number of pyridine rings is 1. The van der Waals surface area contributed by atoms with E-state index in [-0.39, 0.29) is 5.56 Å². The predicted molar refractivity (Wildman–Crippen MR) is 68.5 cm³/mol. The highest BCUT2D eigenvalue weighted by molar-refractivity contribution is 5.93. The lowest BCUT2D eigenvalue weighted by molar-refractivity contribution is 0.0697. The van der Waals surface area contributed by atoms with Crippen LogP contribution in [0.3, 0.4) is 0 Å². The zero-order valence-corrected chi connectivity index (χ0v) is 10.7. The monoisotopic (exact) mass is 236 g/mol. The van der Waals surface area contributed by atoms with Crippen molar-refractivity contribution in [2.75, 3.05) is 11.9 Å². The molecule has 1 aromatic heterocycles. The molecule has 94 valence electrons. The Balaban J connectivity index is 2.62. The molecule has 0 atom stereocenters. The van der Waals surface area contributed by atoms with Crippen LogP contribution in [0, 0.1) is 12.8 Å². The second-order valence-electron chi connectivity index (χ2n) is 4.64. The van der Waals surface area contributed by atoms with E-state index in [4.69, 9.17) is 5.11 Å². The predicted octanol–water partition coefficient (Wildman–Crippen LogP) is 2.94. The molecule has 2 N–H and O–H groups in total. The minimum Gasteiger partial charge on any atom is -0.478 e. The van der Waals surface area contributed by atoms with Crippen molar-refractivity contribution in [2.24, 2.45) is 5.92 Å². The van der Waals surface area contributed by atoms with Gasteiger partial charge in [0.1, 0.15) is 5.56 Å². The maximum absolute atomic E-state index is 11.0. The molecule has 0 aliphatic carbocycles. The van der Waals surface area contributed by atoms with E-state index in [2.05, 4.69) is 24.1 Å². The third-order valence-electron chi connectivity index (χ3n) is 2.54. The highest BCUT2D eigenvalue weighted by atomic mass is 16.4. The molecule has 17 heavy (non-hydrogen) atoms. The van der Waals surface area contributed by atoms with Crippen molar-refractivity contribution in [1.29, 1.82) is 0 Å². The lowest BCUT2D eigenvalue weighted by atomic mass is 10.1.